The van der Waals surface area contributed by atoms with Crippen LogP contribution in [-0.2, 0) is 10.8 Å². The Kier molecular flexibility index (Phi) is 7.75. The van der Waals surface area contributed by atoms with Crippen LogP contribution in [0.4, 0.5) is 17.1 Å². The molecule has 16 rings (SSSR count). The van der Waals surface area contributed by atoms with Crippen LogP contribution in [0.25, 0.3) is 54.6 Å². The van der Waals surface area contributed by atoms with Gasteiger partial charge in [0.15, 0.2) is 0 Å². The lowest BCUT2D eigenvalue weighted by molar-refractivity contribution is 0.436. The maximum atomic E-state index is 6.76. The Bertz CT molecular complexity index is 4150. The third kappa shape index (κ3) is 4.92. The molecule has 3 nitrogen and oxygen atoms in total. The zero-order chi connectivity index (χ0) is 46.4. The molecule has 0 saturated carbocycles. The van der Waals surface area contributed by atoms with Gasteiger partial charge >= 0.3 is 0 Å². The Morgan fingerprint density at radius 2 is 0.634 bits per heavy atom. The molecule has 0 aromatic heterocycles. The van der Waals surface area contributed by atoms with E-state index in [9.17, 15) is 0 Å². The van der Waals surface area contributed by atoms with Crippen LogP contribution in [0.15, 0.2) is 249 Å². The number of fused-ring (bicyclic) bond motifs is 24. The zero-order valence-corrected chi connectivity index (χ0v) is 38.4. The van der Waals surface area contributed by atoms with Gasteiger partial charge in [0.1, 0.15) is 23.0 Å². The van der Waals surface area contributed by atoms with Crippen LogP contribution in [-0.4, -0.2) is 0 Å². The van der Waals surface area contributed by atoms with Gasteiger partial charge in [-0.1, -0.05) is 194 Å². The lowest BCUT2D eigenvalue weighted by Gasteiger charge is -2.39. The number of benzene rings is 12. The fourth-order valence-corrected chi connectivity index (χ4v) is 13.5. The van der Waals surface area contributed by atoms with Crippen molar-refractivity contribution in [3.05, 3.63) is 293 Å². The minimum atomic E-state index is -0.620. The van der Waals surface area contributed by atoms with Crippen molar-refractivity contribution < 1.29 is 9.47 Å². The summed E-state index contributed by atoms with van der Waals surface area (Å²) in [5.74, 6) is 3.54. The van der Waals surface area contributed by atoms with Crippen LogP contribution in [0.2, 0.25) is 0 Å². The average Bonchev–Trinajstić information content (AvgIpc) is 3.90. The first-order chi connectivity index (χ1) is 35.2. The van der Waals surface area contributed by atoms with Gasteiger partial charge in [-0.05, 0) is 126 Å². The van der Waals surface area contributed by atoms with Crippen molar-refractivity contribution in [1.29, 1.82) is 0 Å². The van der Waals surface area contributed by atoms with E-state index in [-0.39, 0.29) is 0 Å². The first kappa shape index (κ1) is 38.8. The number of ether oxygens (including phenoxy) is 2. The normalized spacial score (nSPS) is 14.4. The highest BCUT2D eigenvalue weighted by molar-refractivity contribution is 6.26. The third-order valence-electron chi connectivity index (χ3n) is 16.2. The van der Waals surface area contributed by atoms with E-state index in [1.54, 1.807) is 0 Å². The van der Waals surface area contributed by atoms with Gasteiger partial charge in [-0.15, -0.1) is 0 Å². The molecule has 0 unspecified atom stereocenters. The lowest BCUT2D eigenvalue weighted by atomic mass is 9.66. The van der Waals surface area contributed by atoms with Crippen LogP contribution in [0, 0.1) is 0 Å². The average molecular weight is 904 g/mol. The van der Waals surface area contributed by atoms with Crippen LogP contribution < -0.4 is 14.4 Å². The number of anilines is 3. The van der Waals surface area contributed by atoms with Crippen molar-refractivity contribution >= 4 is 49.4 Å². The minimum absolute atomic E-state index is 0.577. The number of hydrogen-bond acceptors (Lipinski definition) is 3. The molecule has 2 spiro atoms. The summed E-state index contributed by atoms with van der Waals surface area (Å²) in [4.78, 5) is 2.54. The van der Waals surface area contributed by atoms with E-state index >= 15 is 0 Å². The molecule has 71 heavy (non-hydrogen) atoms. The molecule has 2 heterocycles. The SMILES string of the molecule is c1ccc2c(c1)Oc1ccccc1C21c2ccccc2-c2cc(N(c3ccc4c5ccccc5c5ccccc5c4c3)c3cccc4c3-c3ccccc3C43c4ccccc4Oc4ccccc43)ccc21. The molecule has 12 aromatic rings. The Morgan fingerprint density at radius 1 is 0.254 bits per heavy atom. The monoisotopic (exact) mass is 903 g/mol. The highest BCUT2D eigenvalue weighted by Gasteiger charge is 2.53. The first-order valence-electron chi connectivity index (χ1n) is 24.6. The number of rotatable bonds is 3. The van der Waals surface area contributed by atoms with Crippen LogP contribution in [0.1, 0.15) is 44.5 Å². The van der Waals surface area contributed by atoms with Crippen LogP contribution in [0.5, 0.6) is 23.0 Å². The molecular weight excluding hydrogens is 863 g/mol. The smallest absolute Gasteiger partial charge is 0.132 e. The Hall–Kier alpha value is -9.18. The fourth-order valence-electron chi connectivity index (χ4n) is 13.5. The second kappa shape index (κ2) is 14.2. The molecule has 0 fully saturated rings. The van der Waals surface area contributed by atoms with E-state index in [2.05, 4.69) is 254 Å². The summed E-state index contributed by atoms with van der Waals surface area (Å²) < 4.78 is 13.5. The molecule has 0 radical (unpaired) electrons. The maximum absolute atomic E-state index is 6.76. The molecule has 0 N–H and O–H groups in total. The summed E-state index contributed by atoms with van der Waals surface area (Å²) in [6, 6.07) is 91.6. The molecule has 330 valence electrons. The molecule has 3 heteroatoms. The van der Waals surface area contributed by atoms with Crippen LogP contribution >= 0.6 is 0 Å². The predicted molar refractivity (Wildman–Crippen MR) is 288 cm³/mol. The van der Waals surface area contributed by atoms with Crippen molar-refractivity contribution in [2.24, 2.45) is 0 Å². The second-order valence-corrected chi connectivity index (χ2v) is 19.4. The third-order valence-corrected chi connectivity index (χ3v) is 16.2. The molecule has 12 aromatic carbocycles. The summed E-state index contributed by atoms with van der Waals surface area (Å²) in [6.45, 7) is 0. The standard InChI is InChI=1S/C68H41NO2/c1-2-20-46-44(18-1)45-19-3-4-21-47(45)51-40-42(36-38-48(46)51)69(43-37-39-55-52(41-43)49-22-5-7-24-53(49)67(55)56-26-9-13-32-62(56)70-63-33-14-10-27-57(63)67)61-31-17-30-60-66(61)50-23-6-8-25-54(50)68(60)58-28-11-15-34-64(58)71-65-35-16-12-29-59(65)68/h1-41H. The minimum Gasteiger partial charge on any atom is -0.457 e. The van der Waals surface area contributed by atoms with Gasteiger partial charge in [0.05, 0.1) is 16.5 Å². The van der Waals surface area contributed by atoms with Crippen molar-refractivity contribution in [3.8, 4) is 45.3 Å². The van der Waals surface area contributed by atoms with Gasteiger partial charge in [0, 0.05) is 39.2 Å². The Labute approximate surface area is 411 Å². The van der Waals surface area contributed by atoms with Gasteiger partial charge < -0.3 is 14.4 Å². The van der Waals surface area contributed by atoms with Crippen molar-refractivity contribution in [2.75, 3.05) is 4.90 Å². The van der Waals surface area contributed by atoms with Gasteiger partial charge in [-0.25, -0.2) is 0 Å². The van der Waals surface area contributed by atoms with E-state index < -0.39 is 10.8 Å². The highest BCUT2D eigenvalue weighted by Crippen LogP contribution is 2.66. The second-order valence-electron chi connectivity index (χ2n) is 19.4. The molecule has 2 aliphatic carbocycles. The summed E-state index contributed by atoms with van der Waals surface area (Å²) >= 11 is 0. The Balaban J connectivity index is 1.01. The molecular formula is C68H41NO2. The molecule has 4 aliphatic rings. The summed E-state index contributed by atoms with van der Waals surface area (Å²) in [6.07, 6.45) is 0. The fraction of sp³-hybridized carbons (Fsp3) is 0.0294. The quantitative estimate of drug-likeness (QED) is 0.165. The molecule has 0 atom stereocenters. The highest BCUT2D eigenvalue weighted by atomic mass is 16.5. The number of para-hydroxylation sites is 4. The number of hydrogen-bond donors (Lipinski definition) is 0. The van der Waals surface area contributed by atoms with Gasteiger partial charge in [-0.3, -0.25) is 0 Å². The number of nitrogens with zero attached hydrogens (tertiary/aromatic N) is 1. The van der Waals surface area contributed by atoms with E-state index in [4.69, 9.17) is 9.47 Å². The summed E-state index contributed by atoms with van der Waals surface area (Å²) in [7, 11) is 0. The van der Waals surface area contributed by atoms with Crippen molar-refractivity contribution in [3.63, 3.8) is 0 Å². The van der Waals surface area contributed by atoms with Gasteiger partial charge in [0.25, 0.3) is 0 Å². The van der Waals surface area contributed by atoms with Crippen molar-refractivity contribution in [1.82, 2.24) is 0 Å². The molecule has 0 amide bonds. The largest absolute Gasteiger partial charge is 0.457 e. The van der Waals surface area contributed by atoms with E-state index in [1.165, 1.54) is 76.8 Å². The molecule has 0 saturated heterocycles. The van der Waals surface area contributed by atoms with Crippen molar-refractivity contribution in [2.45, 2.75) is 10.8 Å². The molecule has 0 bridgehead atoms. The topological polar surface area (TPSA) is 21.7 Å². The first-order valence-corrected chi connectivity index (χ1v) is 24.6. The van der Waals surface area contributed by atoms with E-state index in [0.29, 0.717) is 0 Å². The van der Waals surface area contributed by atoms with Gasteiger partial charge in [0.2, 0.25) is 0 Å². The lowest BCUT2D eigenvalue weighted by Crippen LogP contribution is -2.32. The van der Waals surface area contributed by atoms with E-state index in [0.717, 1.165) is 62.3 Å². The molecule has 2 aliphatic heterocycles. The summed E-state index contributed by atoms with van der Waals surface area (Å²) in [5.41, 5.74) is 16.5. The van der Waals surface area contributed by atoms with E-state index in [1.807, 2.05) is 0 Å². The van der Waals surface area contributed by atoms with Crippen LogP contribution in [0.3, 0.4) is 0 Å². The van der Waals surface area contributed by atoms with Gasteiger partial charge in [-0.2, -0.15) is 0 Å². The summed E-state index contributed by atoms with van der Waals surface area (Å²) in [5, 5.41) is 7.47. The maximum Gasteiger partial charge on any atom is 0.132 e. The zero-order valence-electron chi connectivity index (χ0n) is 38.4. The predicted octanol–water partition coefficient (Wildman–Crippen LogP) is 17.6. The Morgan fingerprint density at radius 3 is 1.20 bits per heavy atom.